The van der Waals surface area contributed by atoms with Gasteiger partial charge in [0.15, 0.2) is 6.61 Å². The van der Waals surface area contributed by atoms with Gasteiger partial charge in [0.25, 0.3) is 5.91 Å². The highest BCUT2D eigenvalue weighted by Crippen LogP contribution is 2.33. The number of rotatable bonds is 9. The zero-order chi connectivity index (χ0) is 25.5. The van der Waals surface area contributed by atoms with Gasteiger partial charge in [0, 0.05) is 24.5 Å². The van der Waals surface area contributed by atoms with Crippen molar-refractivity contribution in [3.05, 3.63) is 111 Å². The van der Waals surface area contributed by atoms with E-state index in [9.17, 15) is 9.59 Å². The van der Waals surface area contributed by atoms with Gasteiger partial charge in [-0.2, -0.15) is 0 Å². The van der Waals surface area contributed by atoms with Crippen LogP contribution in [-0.4, -0.2) is 36.4 Å². The minimum Gasteiger partial charge on any atom is -0.483 e. The molecule has 0 bridgehead atoms. The van der Waals surface area contributed by atoms with E-state index in [1.807, 2.05) is 91.0 Å². The molecule has 2 amide bonds. The molecule has 4 aromatic carbocycles. The average molecular weight is 610 g/mol. The third kappa shape index (κ3) is 6.33. The first-order valence-corrected chi connectivity index (χ1v) is 13.1. The minimum absolute atomic E-state index is 0.201. The highest BCUT2D eigenvalue weighted by Gasteiger charge is 2.30. The molecule has 4 aromatic rings. The molecule has 0 aromatic heterocycles. The number of carbonyl (C=O) groups excluding carboxylic acids is 2. The van der Waals surface area contributed by atoms with Crippen LogP contribution in [0.5, 0.6) is 5.75 Å². The fourth-order valence-corrected chi connectivity index (χ4v) is 5.15. The molecule has 0 spiro atoms. The minimum atomic E-state index is -0.701. The van der Waals surface area contributed by atoms with Gasteiger partial charge in [-0.3, -0.25) is 9.59 Å². The molecule has 7 heteroatoms. The average Bonchev–Trinajstić information content (AvgIpc) is 2.90. The fraction of sp³-hybridized carbons (Fsp3) is 0.172. The normalized spacial score (nSPS) is 11.6. The number of hydrogen-bond acceptors (Lipinski definition) is 3. The molecule has 0 saturated heterocycles. The van der Waals surface area contributed by atoms with E-state index in [1.54, 1.807) is 11.9 Å². The summed E-state index contributed by atoms with van der Waals surface area (Å²) in [5.41, 5.74) is 1.88. The molecule has 4 rings (SSSR count). The summed E-state index contributed by atoms with van der Waals surface area (Å²) in [6.45, 7) is 0.0681. The Morgan fingerprint density at radius 3 is 2.36 bits per heavy atom. The molecule has 0 unspecified atom stereocenters. The zero-order valence-corrected chi connectivity index (χ0v) is 23.0. The lowest BCUT2D eigenvalue weighted by Gasteiger charge is -2.31. The Hall–Kier alpha value is -3.16. The Labute approximate surface area is 227 Å². The largest absolute Gasteiger partial charge is 0.483 e. The Morgan fingerprint density at radius 2 is 1.61 bits per heavy atom. The van der Waals surface area contributed by atoms with Gasteiger partial charge in [0.05, 0.1) is 4.47 Å². The Bertz CT molecular complexity index is 1360. The first-order valence-electron chi connectivity index (χ1n) is 11.6. The summed E-state index contributed by atoms with van der Waals surface area (Å²) in [5.74, 6) is 0.0673. The van der Waals surface area contributed by atoms with E-state index in [0.717, 1.165) is 30.8 Å². The van der Waals surface area contributed by atoms with E-state index in [0.29, 0.717) is 12.2 Å². The monoisotopic (exact) mass is 608 g/mol. The van der Waals surface area contributed by atoms with Crippen molar-refractivity contribution >= 4 is 54.4 Å². The predicted octanol–water partition coefficient (Wildman–Crippen LogP) is 6.13. The Kier molecular flexibility index (Phi) is 8.78. The quantitative estimate of drug-likeness (QED) is 0.248. The molecule has 0 aliphatic carbocycles. The number of hydrogen-bond donors (Lipinski definition) is 1. The van der Waals surface area contributed by atoms with Crippen molar-refractivity contribution in [1.82, 2.24) is 10.2 Å². The summed E-state index contributed by atoms with van der Waals surface area (Å²) in [7, 11) is 1.59. The molecular weight excluding hydrogens is 584 g/mol. The molecule has 1 N–H and O–H groups in total. The number of likely N-dealkylation sites (N-methyl/N-ethyl adjacent to an activating group) is 1. The summed E-state index contributed by atoms with van der Waals surface area (Å²) < 4.78 is 7.68. The number of nitrogens with one attached hydrogen (secondary N) is 1. The van der Waals surface area contributed by atoms with Crippen LogP contribution in [0.4, 0.5) is 0 Å². The maximum absolute atomic E-state index is 13.6. The maximum Gasteiger partial charge on any atom is 0.261 e. The molecule has 36 heavy (non-hydrogen) atoms. The lowest BCUT2D eigenvalue weighted by Crippen LogP contribution is -2.51. The lowest BCUT2D eigenvalue weighted by molar-refractivity contribution is -0.142. The van der Waals surface area contributed by atoms with Crippen LogP contribution in [0, 0.1) is 0 Å². The van der Waals surface area contributed by atoms with E-state index in [1.165, 1.54) is 0 Å². The zero-order valence-electron chi connectivity index (χ0n) is 19.8. The van der Waals surface area contributed by atoms with Gasteiger partial charge in [-0.15, -0.1) is 0 Å². The van der Waals surface area contributed by atoms with E-state index in [-0.39, 0.29) is 25.0 Å². The van der Waals surface area contributed by atoms with Crippen LogP contribution in [0.2, 0.25) is 0 Å². The van der Waals surface area contributed by atoms with Crippen LogP contribution in [0.25, 0.3) is 10.8 Å². The number of nitrogens with zero attached hydrogens (tertiary/aromatic N) is 1. The Balaban J connectivity index is 1.62. The van der Waals surface area contributed by atoms with Crippen molar-refractivity contribution in [1.29, 1.82) is 0 Å². The van der Waals surface area contributed by atoms with Gasteiger partial charge in [0.2, 0.25) is 5.91 Å². The molecule has 0 fully saturated rings. The smallest absolute Gasteiger partial charge is 0.261 e. The molecule has 1 atom stereocenters. The number of benzene rings is 4. The number of carbonyl (C=O) groups is 2. The molecule has 0 heterocycles. The number of ether oxygens (including phenoxy) is 1. The van der Waals surface area contributed by atoms with Crippen molar-refractivity contribution in [2.75, 3.05) is 13.7 Å². The topological polar surface area (TPSA) is 58.6 Å². The second-order valence-corrected chi connectivity index (χ2v) is 10.1. The van der Waals surface area contributed by atoms with Crippen molar-refractivity contribution in [2.45, 2.75) is 19.0 Å². The molecule has 5 nitrogen and oxygen atoms in total. The highest BCUT2D eigenvalue weighted by molar-refractivity contribution is 9.11. The van der Waals surface area contributed by atoms with Crippen molar-refractivity contribution < 1.29 is 14.3 Å². The van der Waals surface area contributed by atoms with Gasteiger partial charge in [-0.1, -0.05) is 88.7 Å². The van der Waals surface area contributed by atoms with Crippen molar-refractivity contribution in [3.63, 3.8) is 0 Å². The summed E-state index contributed by atoms with van der Waals surface area (Å²) in [6, 6.07) is 28.5. The van der Waals surface area contributed by atoms with Crippen LogP contribution in [0.1, 0.15) is 11.1 Å². The van der Waals surface area contributed by atoms with E-state index >= 15 is 0 Å². The van der Waals surface area contributed by atoms with Crippen LogP contribution >= 0.6 is 31.9 Å². The standard InChI is InChI=1S/C29H26Br2N2O3/c1-32-29(35)25(17-20-8-3-2-4-9-20)33(18-21-10-7-12-23(30)16-21)27(34)19-36-26-15-14-22-11-5-6-13-24(22)28(26)31/h2-16,25H,17-19H2,1H3,(H,32,35)/t25-/m1/s1. The van der Waals surface area contributed by atoms with Crippen molar-refractivity contribution in [3.8, 4) is 5.75 Å². The van der Waals surface area contributed by atoms with Crippen LogP contribution < -0.4 is 10.1 Å². The van der Waals surface area contributed by atoms with Crippen molar-refractivity contribution in [2.24, 2.45) is 0 Å². The van der Waals surface area contributed by atoms with E-state index in [4.69, 9.17) is 4.74 Å². The third-order valence-corrected chi connectivity index (χ3v) is 7.25. The second kappa shape index (κ2) is 12.2. The molecule has 184 valence electrons. The van der Waals surface area contributed by atoms with Gasteiger partial charge in [-0.25, -0.2) is 0 Å². The van der Waals surface area contributed by atoms with Crippen LogP contribution in [-0.2, 0) is 22.6 Å². The molecule has 0 aliphatic rings. The first kappa shape index (κ1) is 25.9. The summed E-state index contributed by atoms with van der Waals surface area (Å²) in [6.07, 6.45) is 0.389. The van der Waals surface area contributed by atoms with E-state index in [2.05, 4.69) is 37.2 Å². The van der Waals surface area contributed by atoms with Crippen LogP contribution in [0.3, 0.4) is 0 Å². The Morgan fingerprint density at radius 1 is 0.889 bits per heavy atom. The van der Waals surface area contributed by atoms with Gasteiger partial charge >= 0.3 is 0 Å². The van der Waals surface area contributed by atoms with E-state index < -0.39 is 6.04 Å². The number of fused-ring (bicyclic) bond motifs is 1. The third-order valence-electron chi connectivity index (χ3n) is 5.94. The fourth-order valence-electron chi connectivity index (χ4n) is 4.10. The maximum atomic E-state index is 13.6. The summed E-state index contributed by atoms with van der Waals surface area (Å²) in [5, 5.41) is 4.80. The lowest BCUT2D eigenvalue weighted by atomic mass is 10.0. The molecular formula is C29H26Br2N2O3. The van der Waals surface area contributed by atoms with Gasteiger partial charge in [-0.05, 0) is 56.0 Å². The van der Waals surface area contributed by atoms with Gasteiger partial charge in [0.1, 0.15) is 11.8 Å². The first-order chi connectivity index (χ1) is 17.5. The number of amides is 2. The highest BCUT2D eigenvalue weighted by atomic mass is 79.9. The molecule has 0 saturated carbocycles. The summed E-state index contributed by atoms with van der Waals surface area (Å²) in [4.78, 5) is 28.3. The predicted molar refractivity (Wildman–Crippen MR) is 150 cm³/mol. The van der Waals surface area contributed by atoms with Gasteiger partial charge < -0.3 is 15.0 Å². The second-order valence-electron chi connectivity index (χ2n) is 8.36. The SMILES string of the molecule is CNC(=O)[C@@H](Cc1ccccc1)N(Cc1cccc(Br)c1)C(=O)COc1ccc2ccccc2c1Br. The number of halogens is 2. The summed E-state index contributed by atoms with van der Waals surface area (Å²) >= 11 is 7.12. The molecule has 0 aliphatic heterocycles. The van der Waals surface area contributed by atoms with Crippen LogP contribution in [0.15, 0.2) is 99.9 Å². The molecule has 0 radical (unpaired) electrons.